The van der Waals surface area contributed by atoms with Gasteiger partial charge in [0.15, 0.2) is 5.76 Å². The van der Waals surface area contributed by atoms with Crippen molar-refractivity contribution in [3.05, 3.63) is 71.5 Å². The number of rotatable bonds is 4. The highest BCUT2D eigenvalue weighted by molar-refractivity contribution is 5.98. The van der Waals surface area contributed by atoms with Crippen LogP contribution in [-0.4, -0.2) is 5.91 Å². The van der Waals surface area contributed by atoms with Crippen LogP contribution in [-0.2, 0) is 11.4 Å². The summed E-state index contributed by atoms with van der Waals surface area (Å²) in [6, 6.07) is 17.2. The fourth-order valence-electron chi connectivity index (χ4n) is 2.20. The molecule has 0 aliphatic heterocycles. The van der Waals surface area contributed by atoms with Crippen LogP contribution in [0.25, 0.3) is 11.0 Å². The van der Waals surface area contributed by atoms with E-state index in [1.807, 2.05) is 61.5 Å². The first kappa shape index (κ1) is 13.4. The van der Waals surface area contributed by atoms with Crippen LogP contribution in [0, 0.1) is 6.92 Å². The van der Waals surface area contributed by atoms with Crippen molar-refractivity contribution in [1.82, 2.24) is 5.48 Å². The minimum absolute atomic E-state index is 0.282. The summed E-state index contributed by atoms with van der Waals surface area (Å²) >= 11 is 0. The molecule has 0 unspecified atom stereocenters. The zero-order chi connectivity index (χ0) is 14.7. The number of hydrogen-bond acceptors (Lipinski definition) is 3. The molecular formula is C17H15NO3. The van der Waals surface area contributed by atoms with Gasteiger partial charge < -0.3 is 4.42 Å². The number of furan rings is 1. The monoisotopic (exact) mass is 281 g/mol. The van der Waals surface area contributed by atoms with Gasteiger partial charge in [-0.25, -0.2) is 5.48 Å². The average Bonchev–Trinajstić information content (AvgIpc) is 2.86. The molecule has 3 aromatic rings. The summed E-state index contributed by atoms with van der Waals surface area (Å²) in [7, 11) is 0. The highest BCUT2D eigenvalue weighted by Crippen LogP contribution is 2.24. The van der Waals surface area contributed by atoms with E-state index in [-0.39, 0.29) is 11.7 Å². The summed E-state index contributed by atoms with van der Waals surface area (Å²) in [6.07, 6.45) is 0. The van der Waals surface area contributed by atoms with Crippen LogP contribution in [0.3, 0.4) is 0 Å². The number of carbonyl (C=O) groups excluding carboxylic acids is 1. The first-order chi connectivity index (χ1) is 10.3. The maximum Gasteiger partial charge on any atom is 0.310 e. The normalized spacial score (nSPS) is 10.7. The van der Waals surface area contributed by atoms with E-state index in [0.29, 0.717) is 12.2 Å². The van der Waals surface area contributed by atoms with E-state index >= 15 is 0 Å². The summed E-state index contributed by atoms with van der Waals surface area (Å²) in [5, 5.41) is 0.936. The predicted octanol–water partition coefficient (Wildman–Crippen LogP) is 3.60. The highest BCUT2D eigenvalue weighted by atomic mass is 16.7. The number of amides is 1. The molecular weight excluding hydrogens is 266 g/mol. The van der Waals surface area contributed by atoms with E-state index in [1.165, 1.54) is 0 Å². The Labute approximate surface area is 122 Å². The Morgan fingerprint density at radius 1 is 1.10 bits per heavy atom. The summed E-state index contributed by atoms with van der Waals surface area (Å²) < 4.78 is 5.57. The molecule has 0 radical (unpaired) electrons. The third kappa shape index (κ3) is 2.80. The molecule has 0 saturated carbocycles. The lowest BCUT2D eigenvalue weighted by Crippen LogP contribution is -2.23. The van der Waals surface area contributed by atoms with E-state index in [1.54, 1.807) is 0 Å². The van der Waals surface area contributed by atoms with Crippen molar-refractivity contribution < 1.29 is 14.0 Å². The second-order valence-electron chi connectivity index (χ2n) is 4.76. The topological polar surface area (TPSA) is 51.5 Å². The summed E-state index contributed by atoms with van der Waals surface area (Å²) in [4.78, 5) is 17.3. The van der Waals surface area contributed by atoms with Crippen LogP contribution < -0.4 is 5.48 Å². The molecule has 106 valence electrons. The molecule has 1 heterocycles. The Bertz CT molecular complexity index is 762. The van der Waals surface area contributed by atoms with Crippen LogP contribution in [0.1, 0.15) is 21.7 Å². The fraction of sp³-hybridized carbons (Fsp3) is 0.118. The van der Waals surface area contributed by atoms with Crippen molar-refractivity contribution >= 4 is 16.9 Å². The van der Waals surface area contributed by atoms with E-state index in [0.717, 1.165) is 16.5 Å². The molecule has 3 rings (SSSR count). The van der Waals surface area contributed by atoms with Gasteiger partial charge in [-0.3, -0.25) is 9.63 Å². The standard InChI is InChI=1S/C17H15NO3/c1-12-14-9-5-6-10-15(14)21-16(12)17(19)18-20-11-13-7-3-2-4-8-13/h2-10H,11H2,1H3,(H,18,19). The van der Waals surface area contributed by atoms with Crippen molar-refractivity contribution in [3.63, 3.8) is 0 Å². The van der Waals surface area contributed by atoms with Gasteiger partial charge in [0.05, 0.1) is 6.61 Å². The van der Waals surface area contributed by atoms with Gasteiger partial charge in [-0.1, -0.05) is 48.5 Å². The lowest BCUT2D eigenvalue weighted by Gasteiger charge is -2.04. The Hall–Kier alpha value is -2.59. The molecule has 0 aliphatic rings. The molecule has 0 fully saturated rings. The second-order valence-corrected chi connectivity index (χ2v) is 4.76. The molecule has 0 saturated heterocycles. The molecule has 0 bridgehead atoms. The van der Waals surface area contributed by atoms with E-state index in [9.17, 15) is 4.79 Å². The molecule has 4 nitrogen and oxygen atoms in total. The third-order valence-electron chi connectivity index (χ3n) is 3.30. The van der Waals surface area contributed by atoms with Crippen LogP contribution in [0.15, 0.2) is 59.0 Å². The number of hydrogen-bond donors (Lipinski definition) is 1. The van der Waals surface area contributed by atoms with Crippen molar-refractivity contribution in [3.8, 4) is 0 Å². The van der Waals surface area contributed by atoms with Crippen molar-refractivity contribution in [2.24, 2.45) is 0 Å². The first-order valence-electron chi connectivity index (χ1n) is 6.70. The van der Waals surface area contributed by atoms with Crippen molar-refractivity contribution in [2.45, 2.75) is 13.5 Å². The maximum absolute atomic E-state index is 12.1. The van der Waals surface area contributed by atoms with E-state index in [2.05, 4.69) is 5.48 Å². The number of fused-ring (bicyclic) bond motifs is 1. The molecule has 0 spiro atoms. The number of hydroxylamine groups is 1. The lowest BCUT2D eigenvalue weighted by molar-refractivity contribution is 0.0213. The smallest absolute Gasteiger partial charge is 0.310 e. The Balaban J connectivity index is 1.68. The maximum atomic E-state index is 12.1. The van der Waals surface area contributed by atoms with Crippen molar-refractivity contribution in [1.29, 1.82) is 0 Å². The van der Waals surface area contributed by atoms with Crippen LogP contribution in [0.2, 0.25) is 0 Å². The SMILES string of the molecule is Cc1c(C(=O)NOCc2ccccc2)oc2ccccc12. The Morgan fingerprint density at radius 2 is 1.81 bits per heavy atom. The van der Waals surface area contributed by atoms with Gasteiger partial charge in [0.25, 0.3) is 0 Å². The fourth-order valence-corrected chi connectivity index (χ4v) is 2.20. The molecule has 2 aromatic carbocycles. The van der Waals surface area contributed by atoms with Crippen molar-refractivity contribution in [2.75, 3.05) is 0 Å². The summed E-state index contributed by atoms with van der Waals surface area (Å²) in [5.41, 5.74) is 4.91. The third-order valence-corrected chi connectivity index (χ3v) is 3.30. The lowest BCUT2D eigenvalue weighted by atomic mass is 10.1. The molecule has 1 N–H and O–H groups in total. The number of nitrogens with one attached hydrogen (secondary N) is 1. The van der Waals surface area contributed by atoms with Crippen LogP contribution >= 0.6 is 0 Å². The Morgan fingerprint density at radius 3 is 2.57 bits per heavy atom. The quantitative estimate of drug-likeness (QED) is 0.743. The van der Waals surface area contributed by atoms with E-state index in [4.69, 9.17) is 9.25 Å². The molecule has 1 aromatic heterocycles. The van der Waals surface area contributed by atoms with Gasteiger partial charge in [0.2, 0.25) is 0 Å². The van der Waals surface area contributed by atoms with Gasteiger partial charge in [-0.05, 0) is 18.6 Å². The zero-order valence-electron chi connectivity index (χ0n) is 11.6. The minimum atomic E-state index is -0.375. The summed E-state index contributed by atoms with van der Waals surface area (Å²) in [6.45, 7) is 2.17. The molecule has 1 amide bonds. The number of benzene rings is 2. The van der Waals surface area contributed by atoms with Crippen LogP contribution in [0.4, 0.5) is 0 Å². The second kappa shape index (κ2) is 5.81. The zero-order valence-corrected chi connectivity index (χ0v) is 11.6. The average molecular weight is 281 g/mol. The van der Waals surface area contributed by atoms with Gasteiger partial charge in [0, 0.05) is 10.9 Å². The molecule has 0 aliphatic carbocycles. The number of aryl methyl sites for hydroxylation is 1. The molecule has 0 atom stereocenters. The van der Waals surface area contributed by atoms with Gasteiger partial charge in [-0.15, -0.1) is 0 Å². The minimum Gasteiger partial charge on any atom is -0.451 e. The van der Waals surface area contributed by atoms with Crippen LogP contribution in [0.5, 0.6) is 0 Å². The predicted molar refractivity (Wildman–Crippen MR) is 79.6 cm³/mol. The number of carbonyl (C=O) groups is 1. The van der Waals surface area contributed by atoms with Gasteiger partial charge >= 0.3 is 5.91 Å². The van der Waals surface area contributed by atoms with Gasteiger partial charge in [0.1, 0.15) is 5.58 Å². The molecule has 4 heteroatoms. The van der Waals surface area contributed by atoms with E-state index < -0.39 is 0 Å². The number of para-hydroxylation sites is 1. The Kier molecular flexibility index (Phi) is 3.71. The van der Waals surface area contributed by atoms with Gasteiger partial charge in [-0.2, -0.15) is 0 Å². The molecule has 21 heavy (non-hydrogen) atoms. The highest BCUT2D eigenvalue weighted by Gasteiger charge is 2.17. The first-order valence-corrected chi connectivity index (χ1v) is 6.70. The summed E-state index contributed by atoms with van der Waals surface area (Å²) in [5.74, 6) is -0.0936. The largest absolute Gasteiger partial charge is 0.451 e.